The van der Waals surface area contributed by atoms with Crippen LogP contribution in [0.2, 0.25) is 0 Å². The fraction of sp³-hybridized carbons (Fsp3) is 0.682. The monoisotopic (exact) mass is 394 g/mol. The number of ether oxygens (including phenoxy) is 1. The lowest BCUT2D eigenvalue weighted by Crippen LogP contribution is -2.38. The summed E-state index contributed by atoms with van der Waals surface area (Å²) in [6.07, 6.45) is 5.40. The van der Waals surface area contributed by atoms with Gasteiger partial charge < -0.3 is 15.4 Å². The lowest BCUT2D eigenvalue weighted by molar-refractivity contribution is -0.123. The molecule has 2 N–H and O–H groups in total. The van der Waals surface area contributed by atoms with Gasteiger partial charge in [0.1, 0.15) is 0 Å². The lowest BCUT2D eigenvalue weighted by atomic mass is 9.85. The van der Waals surface area contributed by atoms with Crippen LogP contribution >= 0.6 is 12.4 Å². The first kappa shape index (κ1) is 22.2. The number of nitrogens with one attached hydrogen (secondary N) is 2. The number of hydrogen-bond acceptors (Lipinski definition) is 3. The van der Waals surface area contributed by atoms with Crippen molar-refractivity contribution < 1.29 is 9.53 Å². The maximum absolute atomic E-state index is 12.5. The van der Waals surface area contributed by atoms with Crippen LogP contribution < -0.4 is 10.6 Å². The molecule has 0 spiro atoms. The second-order valence-electron chi connectivity index (χ2n) is 8.20. The summed E-state index contributed by atoms with van der Waals surface area (Å²) < 4.78 is 6.07. The minimum absolute atomic E-state index is 0. The molecule has 152 valence electrons. The normalized spacial score (nSPS) is 26.7. The number of amides is 1. The van der Waals surface area contributed by atoms with Gasteiger partial charge in [-0.05, 0) is 63.1 Å². The molecule has 0 saturated carbocycles. The van der Waals surface area contributed by atoms with E-state index in [-0.39, 0.29) is 24.4 Å². The highest BCUT2D eigenvalue weighted by Gasteiger charge is 2.28. The average Bonchev–Trinajstić information content (AvgIpc) is 2.68. The predicted molar refractivity (Wildman–Crippen MR) is 112 cm³/mol. The zero-order chi connectivity index (χ0) is 18.4. The smallest absolute Gasteiger partial charge is 0.220 e. The second-order valence-corrected chi connectivity index (χ2v) is 8.20. The molecule has 2 aliphatic heterocycles. The molecule has 0 aliphatic carbocycles. The van der Waals surface area contributed by atoms with E-state index in [1.54, 1.807) is 0 Å². The molecule has 4 nitrogen and oxygen atoms in total. The molecular weight excluding hydrogens is 360 g/mol. The Balaban J connectivity index is 0.00000261. The standard InChI is InChI=1S/C22H34N2O2.ClH/c1-16-7-9-18(10-8-16)22-20(6-4-12-26-22)15-24-21(25)13-17(2)19-5-3-11-23-14-19;/h7-10,17,19-20,22-23H,3-6,11-15H2,1-2H3,(H,24,25);1H. The van der Waals surface area contributed by atoms with E-state index in [0.29, 0.717) is 30.7 Å². The fourth-order valence-corrected chi connectivity index (χ4v) is 4.32. The molecule has 2 aliphatic rings. The van der Waals surface area contributed by atoms with Crippen molar-refractivity contribution in [1.82, 2.24) is 10.6 Å². The van der Waals surface area contributed by atoms with Crippen molar-refractivity contribution in [3.8, 4) is 0 Å². The molecule has 2 saturated heterocycles. The molecule has 5 heteroatoms. The van der Waals surface area contributed by atoms with Crippen LogP contribution in [0, 0.1) is 24.7 Å². The van der Waals surface area contributed by atoms with Crippen LogP contribution in [0.1, 0.15) is 56.3 Å². The Morgan fingerprint density at radius 3 is 2.74 bits per heavy atom. The molecule has 4 atom stereocenters. The van der Waals surface area contributed by atoms with E-state index in [2.05, 4.69) is 48.7 Å². The quantitative estimate of drug-likeness (QED) is 0.765. The van der Waals surface area contributed by atoms with E-state index in [1.807, 2.05) is 0 Å². The molecule has 2 fully saturated rings. The van der Waals surface area contributed by atoms with Crippen LogP contribution in [-0.4, -0.2) is 32.1 Å². The third kappa shape index (κ3) is 6.48. The number of benzene rings is 1. The summed E-state index contributed by atoms with van der Waals surface area (Å²) in [5, 5.41) is 6.65. The molecule has 0 aromatic heterocycles. The Labute approximate surface area is 170 Å². The van der Waals surface area contributed by atoms with Crippen LogP contribution in [0.5, 0.6) is 0 Å². The SMILES string of the molecule is Cc1ccc(C2OCCCC2CNC(=O)CC(C)C2CCCNC2)cc1.Cl. The van der Waals surface area contributed by atoms with E-state index in [0.717, 1.165) is 32.5 Å². The summed E-state index contributed by atoms with van der Waals surface area (Å²) in [4.78, 5) is 12.5. The summed E-state index contributed by atoms with van der Waals surface area (Å²) in [6, 6.07) is 8.61. The van der Waals surface area contributed by atoms with Crippen LogP contribution in [0.25, 0.3) is 0 Å². The van der Waals surface area contributed by atoms with Gasteiger partial charge in [0.15, 0.2) is 0 Å². The predicted octanol–water partition coefficient (Wildman–Crippen LogP) is 4.03. The minimum atomic E-state index is 0. The molecule has 3 rings (SSSR count). The molecule has 1 aromatic carbocycles. The van der Waals surface area contributed by atoms with E-state index < -0.39 is 0 Å². The van der Waals surface area contributed by atoms with Gasteiger partial charge in [0, 0.05) is 25.5 Å². The molecule has 1 aromatic rings. The highest BCUT2D eigenvalue weighted by atomic mass is 35.5. The van der Waals surface area contributed by atoms with Crippen molar-refractivity contribution in [2.24, 2.45) is 17.8 Å². The first-order chi connectivity index (χ1) is 12.6. The number of hydrogen-bond donors (Lipinski definition) is 2. The van der Waals surface area contributed by atoms with Crippen molar-refractivity contribution in [1.29, 1.82) is 0 Å². The highest BCUT2D eigenvalue weighted by molar-refractivity contribution is 5.85. The molecule has 0 radical (unpaired) electrons. The maximum Gasteiger partial charge on any atom is 0.220 e. The van der Waals surface area contributed by atoms with E-state index in [9.17, 15) is 4.79 Å². The number of aryl methyl sites for hydroxylation is 1. The van der Waals surface area contributed by atoms with Crippen molar-refractivity contribution in [3.05, 3.63) is 35.4 Å². The Bertz CT molecular complexity index is 572. The number of carbonyl (C=O) groups is 1. The average molecular weight is 395 g/mol. The van der Waals surface area contributed by atoms with Crippen LogP contribution in [0.3, 0.4) is 0 Å². The molecule has 2 heterocycles. The summed E-state index contributed by atoms with van der Waals surface area (Å²) in [7, 11) is 0. The number of halogens is 1. The van der Waals surface area contributed by atoms with Gasteiger partial charge in [0.25, 0.3) is 0 Å². The summed E-state index contributed by atoms with van der Waals surface area (Å²) >= 11 is 0. The highest BCUT2D eigenvalue weighted by Crippen LogP contribution is 2.33. The van der Waals surface area contributed by atoms with E-state index in [1.165, 1.54) is 24.0 Å². The van der Waals surface area contributed by atoms with Gasteiger partial charge in [-0.25, -0.2) is 0 Å². The van der Waals surface area contributed by atoms with Gasteiger partial charge in [-0.1, -0.05) is 36.8 Å². The summed E-state index contributed by atoms with van der Waals surface area (Å²) in [5.41, 5.74) is 2.50. The Hall–Kier alpha value is -1.10. The third-order valence-corrected chi connectivity index (χ3v) is 6.06. The minimum Gasteiger partial charge on any atom is -0.373 e. The number of piperidine rings is 1. The summed E-state index contributed by atoms with van der Waals surface area (Å²) in [5.74, 6) is 1.63. The molecular formula is C22H35ClN2O2. The van der Waals surface area contributed by atoms with Crippen molar-refractivity contribution >= 4 is 18.3 Å². The molecule has 1 amide bonds. The third-order valence-electron chi connectivity index (χ3n) is 6.06. The van der Waals surface area contributed by atoms with Crippen LogP contribution in [-0.2, 0) is 9.53 Å². The zero-order valence-corrected chi connectivity index (χ0v) is 17.5. The number of rotatable bonds is 6. The van der Waals surface area contributed by atoms with Crippen molar-refractivity contribution in [2.75, 3.05) is 26.2 Å². The molecule has 27 heavy (non-hydrogen) atoms. The van der Waals surface area contributed by atoms with Gasteiger partial charge in [-0.3, -0.25) is 4.79 Å². The van der Waals surface area contributed by atoms with Crippen molar-refractivity contribution in [3.63, 3.8) is 0 Å². The lowest BCUT2D eigenvalue weighted by Gasteiger charge is -2.33. The second kappa shape index (κ2) is 11.0. The van der Waals surface area contributed by atoms with E-state index in [4.69, 9.17) is 4.74 Å². The van der Waals surface area contributed by atoms with Gasteiger partial charge in [0.2, 0.25) is 5.91 Å². The first-order valence-corrected chi connectivity index (χ1v) is 10.3. The Kier molecular flexibility index (Phi) is 9.07. The fourth-order valence-electron chi connectivity index (χ4n) is 4.32. The Morgan fingerprint density at radius 2 is 2.04 bits per heavy atom. The number of carbonyl (C=O) groups excluding carboxylic acids is 1. The van der Waals surface area contributed by atoms with Crippen molar-refractivity contribution in [2.45, 2.75) is 52.1 Å². The van der Waals surface area contributed by atoms with Gasteiger partial charge in [0.05, 0.1) is 6.10 Å². The summed E-state index contributed by atoms with van der Waals surface area (Å²) in [6.45, 7) is 8.03. The maximum atomic E-state index is 12.5. The topological polar surface area (TPSA) is 50.4 Å². The Morgan fingerprint density at radius 1 is 1.26 bits per heavy atom. The first-order valence-electron chi connectivity index (χ1n) is 10.3. The van der Waals surface area contributed by atoms with Gasteiger partial charge >= 0.3 is 0 Å². The molecule has 4 unspecified atom stereocenters. The zero-order valence-electron chi connectivity index (χ0n) is 16.7. The largest absolute Gasteiger partial charge is 0.373 e. The van der Waals surface area contributed by atoms with Gasteiger partial charge in [-0.2, -0.15) is 0 Å². The van der Waals surface area contributed by atoms with E-state index >= 15 is 0 Å². The molecule has 0 bridgehead atoms. The van der Waals surface area contributed by atoms with Crippen LogP contribution in [0.15, 0.2) is 24.3 Å². The van der Waals surface area contributed by atoms with Gasteiger partial charge in [-0.15, -0.1) is 12.4 Å². The van der Waals surface area contributed by atoms with Crippen LogP contribution in [0.4, 0.5) is 0 Å².